The second kappa shape index (κ2) is 8.69. The summed E-state index contributed by atoms with van der Waals surface area (Å²) in [6.45, 7) is 2.11. The molecule has 0 aromatic heterocycles. The Bertz CT molecular complexity index is 435. The fourth-order valence-electron chi connectivity index (χ4n) is 1.63. The van der Waals surface area contributed by atoms with Crippen LogP contribution in [-0.2, 0) is 9.59 Å². The van der Waals surface area contributed by atoms with Crippen LogP contribution in [0.4, 0.5) is 11.4 Å². The van der Waals surface area contributed by atoms with E-state index in [1.807, 2.05) is 6.07 Å². The zero-order valence-corrected chi connectivity index (χ0v) is 12.6. The SMILES string of the molecule is CCCCCC(=O)Nc1cccc(NC(=O)CBr)c1. The summed E-state index contributed by atoms with van der Waals surface area (Å²) < 4.78 is 0. The van der Waals surface area contributed by atoms with Gasteiger partial charge in [-0.25, -0.2) is 0 Å². The van der Waals surface area contributed by atoms with Crippen molar-refractivity contribution in [2.45, 2.75) is 32.6 Å². The van der Waals surface area contributed by atoms with E-state index in [2.05, 4.69) is 33.5 Å². The lowest BCUT2D eigenvalue weighted by Crippen LogP contribution is -2.14. The van der Waals surface area contributed by atoms with Crippen LogP contribution in [0.3, 0.4) is 0 Å². The van der Waals surface area contributed by atoms with Crippen molar-refractivity contribution in [3.05, 3.63) is 24.3 Å². The summed E-state index contributed by atoms with van der Waals surface area (Å²) in [6, 6.07) is 7.14. The number of halogens is 1. The summed E-state index contributed by atoms with van der Waals surface area (Å²) in [5.41, 5.74) is 1.38. The largest absolute Gasteiger partial charge is 0.326 e. The number of carbonyl (C=O) groups is 2. The zero-order chi connectivity index (χ0) is 14.1. The number of alkyl halides is 1. The minimum Gasteiger partial charge on any atom is -0.326 e. The van der Waals surface area contributed by atoms with E-state index in [1.54, 1.807) is 18.2 Å². The molecule has 0 aliphatic rings. The number of nitrogens with one attached hydrogen (secondary N) is 2. The van der Waals surface area contributed by atoms with Gasteiger partial charge in [0.15, 0.2) is 0 Å². The molecule has 0 fully saturated rings. The Balaban J connectivity index is 2.52. The number of anilines is 2. The molecule has 0 spiro atoms. The number of amides is 2. The molecule has 0 atom stereocenters. The molecule has 1 aromatic rings. The van der Waals surface area contributed by atoms with Crippen molar-refractivity contribution < 1.29 is 9.59 Å². The average Bonchev–Trinajstić information content (AvgIpc) is 2.39. The van der Waals surface area contributed by atoms with E-state index in [-0.39, 0.29) is 17.1 Å². The summed E-state index contributed by atoms with van der Waals surface area (Å²) in [5.74, 6) is -0.108. The Labute approximate surface area is 122 Å². The van der Waals surface area contributed by atoms with Gasteiger partial charge in [-0.1, -0.05) is 41.8 Å². The number of carbonyl (C=O) groups excluding carboxylic acids is 2. The molecule has 104 valence electrons. The second-order valence-corrected chi connectivity index (χ2v) is 4.83. The first-order valence-corrected chi connectivity index (χ1v) is 7.53. The minimum atomic E-state index is -0.119. The van der Waals surface area contributed by atoms with Gasteiger partial charge in [-0.15, -0.1) is 0 Å². The normalized spacial score (nSPS) is 10.0. The highest BCUT2D eigenvalue weighted by Gasteiger charge is 2.04. The average molecular weight is 327 g/mol. The molecule has 4 nitrogen and oxygen atoms in total. The highest BCUT2D eigenvalue weighted by Crippen LogP contribution is 2.15. The predicted octanol–water partition coefficient (Wildman–Crippen LogP) is 3.54. The number of benzene rings is 1. The van der Waals surface area contributed by atoms with Crippen LogP contribution in [0.1, 0.15) is 32.6 Å². The molecule has 5 heteroatoms. The Morgan fingerprint density at radius 2 is 1.74 bits per heavy atom. The lowest BCUT2D eigenvalue weighted by molar-refractivity contribution is -0.116. The van der Waals surface area contributed by atoms with Crippen LogP contribution in [0.5, 0.6) is 0 Å². The maximum atomic E-state index is 11.7. The fraction of sp³-hybridized carbons (Fsp3) is 0.429. The Morgan fingerprint density at radius 1 is 1.11 bits per heavy atom. The molecule has 1 aromatic carbocycles. The maximum absolute atomic E-state index is 11.7. The van der Waals surface area contributed by atoms with Gasteiger partial charge >= 0.3 is 0 Å². The third-order valence-corrected chi connectivity index (χ3v) is 3.07. The van der Waals surface area contributed by atoms with E-state index in [0.717, 1.165) is 19.3 Å². The molecule has 0 saturated carbocycles. The molecule has 0 saturated heterocycles. The van der Waals surface area contributed by atoms with Crippen molar-refractivity contribution in [1.82, 2.24) is 0 Å². The minimum absolute atomic E-state index is 0.0115. The summed E-state index contributed by atoms with van der Waals surface area (Å²) in [4.78, 5) is 22.9. The van der Waals surface area contributed by atoms with Crippen LogP contribution in [-0.4, -0.2) is 17.1 Å². The fourth-order valence-corrected chi connectivity index (χ4v) is 1.77. The summed E-state index contributed by atoms with van der Waals surface area (Å²) in [7, 11) is 0. The number of hydrogen-bond acceptors (Lipinski definition) is 2. The Hall–Kier alpha value is -1.36. The van der Waals surface area contributed by atoms with Crippen molar-refractivity contribution >= 4 is 39.1 Å². The standard InChI is InChI=1S/C14H19BrN2O2/c1-2-3-4-8-13(18)16-11-6-5-7-12(9-11)17-14(19)10-15/h5-7,9H,2-4,8,10H2,1H3,(H,16,18)(H,17,19). The van der Waals surface area contributed by atoms with Crippen LogP contribution in [0.2, 0.25) is 0 Å². The van der Waals surface area contributed by atoms with Crippen molar-refractivity contribution in [3.63, 3.8) is 0 Å². The van der Waals surface area contributed by atoms with E-state index >= 15 is 0 Å². The molecule has 0 aliphatic carbocycles. The van der Waals surface area contributed by atoms with E-state index in [0.29, 0.717) is 17.8 Å². The van der Waals surface area contributed by atoms with Gasteiger partial charge in [0.2, 0.25) is 11.8 Å². The summed E-state index contributed by atoms with van der Waals surface area (Å²) in [5, 5.41) is 5.80. The van der Waals surface area contributed by atoms with Gasteiger partial charge in [0.1, 0.15) is 0 Å². The Kier molecular flexibility index (Phi) is 7.18. The number of rotatable bonds is 7. The van der Waals surface area contributed by atoms with Gasteiger partial charge < -0.3 is 10.6 Å². The first-order chi connectivity index (χ1) is 9.15. The van der Waals surface area contributed by atoms with Crippen molar-refractivity contribution in [1.29, 1.82) is 0 Å². The third kappa shape index (κ3) is 6.38. The quantitative estimate of drug-likeness (QED) is 0.594. The van der Waals surface area contributed by atoms with E-state index in [1.165, 1.54) is 0 Å². The van der Waals surface area contributed by atoms with Crippen molar-refractivity contribution in [2.24, 2.45) is 0 Å². The lowest BCUT2D eigenvalue weighted by atomic mass is 10.2. The molecule has 1 rings (SSSR count). The van der Waals surface area contributed by atoms with Gasteiger partial charge in [0, 0.05) is 17.8 Å². The first kappa shape index (κ1) is 15.7. The zero-order valence-electron chi connectivity index (χ0n) is 11.0. The van der Waals surface area contributed by atoms with Gasteiger partial charge in [-0.2, -0.15) is 0 Å². The van der Waals surface area contributed by atoms with Crippen molar-refractivity contribution in [3.8, 4) is 0 Å². The van der Waals surface area contributed by atoms with Gasteiger partial charge in [-0.3, -0.25) is 9.59 Å². The highest BCUT2D eigenvalue weighted by molar-refractivity contribution is 9.09. The molecule has 2 N–H and O–H groups in total. The van der Waals surface area contributed by atoms with Crippen LogP contribution in [0, 0.1) is 0 Å². The maximum Gasteiger partial charge on any atom is 0.235 e. The number of unbranched alkanes of at least 4 members (excludes halogenated alkanes) is 2. The Morgan fingerprint density at radius 3 is 2.32 bits per heavy atom. The topological polar surface area (TPSA) is 58.2 Å². The molecule has 0 heterocycles. The molecule has 0 unspecified atom stereocenters. The van der Waals surface area contributed by atoms with E-state index < -0.39 is 0 Å². The molecule has 0 bridgehead atoms. The summed E-state index contributed by atoms with van der Waals surface area (Å²) in [6.07, 6.45) is 3.60. The smallest absolute Gasteiger partial charge is 0.235 e. The molecule has 19 heavy (non-hydrogen) atoms. The lowest BCUT2D eigenvalue weighted by Gasteiger charge is -2.08. The summed E-state index contributed by atoms with van der Waals surface area (Å²) >= 11 is 3.08. The predicted molar refractivity (Wildman–Crippen MR) is 81.6 cm³/mol. The number of hydrogen-bond donors (Lipinski definition) is 2. The van der Waals surface area contributed by atoms with Crippen LogP contribution in [0.25, 0.3) is 0 Å². The molecule has 0 radical (unpaired) electrons. The molecule has 2 amide bonds. The highest BCUT2D eigenvalue weighted by atomic mass is 79.9. The second-order valence-electron chi connectivity index (χ2n) is 4.27. The third-order valence-electron chi connectivity index (χ3n) is 2.56. The van der Waals surface area contributed by atoms with Gasteiger partial charge in [0.05, 0.1) is 5.33 Å². The van der Waals surface area contributed by atoms with Crippen LogP contribution < -0.4 is 10.6 Å². The van der Waals surface area contributed by atoms with Gasteiger partial charge in [-0.05, 0) is 24.6 Å². The van der Waals surface area contributed by atoms with Crippen molar-refractivity contribution in [2.75, 3.05) is 16.0 Å². The molecule has 0 aliphatic heterocycles. The van der Waals surface area contributed by atoms with Gasteiger partial charge in [0.25, 0.3) is 0 Å². The van der Waals surface area contributed by atoms with Crippen LogP contribution in [0.15, 0.2) is 24.3 Å². The monoisotopic (exact) mass is 326 g/mol. The van der Waals surface area contributed by atoms with E-state index in [4.69, 9.17) is 0 Å². The first-order valence-electron chi connectivity index (χ1n) is 6.41. The van der Waals surface area contributed by atoms with Crippen LogP contribution >= 0.6 is 15.9 Å². The van der Waals surface area contributed by atoms with E-state index in [9.17, 15) is 9.59 Å². The molecular weight excluding hydrogens is 308 g/mol. The molecular formula is C14H19BrN2O2.